The quantitative estimate of drug-likeness (QED) is 0.571. The highest BCUT2D eigenvalue weighted by Gasteiger charge is 2.22. The summed E-state index contributed by atoms with van der Waals surface area (Å²) in [4.78, 5) is 0. The molecule has 2 unspecified atom stereocenters. The van der Waals surface area contributed by atoms with E-state index in [9.17, 15) is 5.11 Å². The fraction of sp³-hybridized carbons (Fsp3) is 1.00. The van der Waals surface area contributed by atoms with E-state index < -0.39 is 0 Å². The molecular weight excluding hydrogens is 262 g/mol. The van der Waals surface area contributed by atoms with Gasteiger partial charge in [-0.25, -0.2) is 0 Å². The Balaban J connectivity index is 2.08. The summed E-state index contributed by atoms with van der Waals surface area (Å²) >= 11 is 0. The topological polar surface area (TPSA) is 41.5 Å². The third kappa shape index (κ3) is 8.80. The molecule has 0 aliphatic heterocycles. The summed E-state index contributed by atoms with van der Waals surface area (Å²) in [6.07, 6.45) is 9.95. The number of hydrogen-bond donors (Lipinski definition) is 2. The number of rotatable bonds is 11. The Kier molecular flexibility index (Phi) is 10.3. The molecule has 3 nitrogen and oxygen atoms in total. The van der Waals surface area contributed by atoms with Crippen molar-refractivity contribution < 1.29 is 9.84 Å². The molecule has 2 N–H and O–H groups in total. The Morgan fingerprint density at radius 2 is 1.90 bits per heavy atom. The zero-order chi connectivity index (χ0) is 15.5. The van der Waals surface area contributed by atoms with Crippen LogP contribution in [0.3, 0.4) is 0 Å². The summed E-state index contributed by atoms with van der Waals surface area (Å²) in [5.41, 5.74) is 0. The van der Waals surface area contributed by atoms with Gasteiger partial charge in [0.15, 0.2) is 0 Å². The molecule has 126 valence electrons. The molecule has 0 radical (unpaired) electrons. The van der Waals surface area contributed by atoms with Crippen LogP contribution in [0.5, 0.6) is 0 Å². The van der Waals surface area contributed by atoms with Crippen molar-refractivity contribution >= 4 is 0 Å². The van der Waals surface area contributed by atoms with Gasteiger partial charge in [-0.2, -0.15) is 0 Å². The van der Waals surface area contributed by atoms with Crippen molar-refractivity contribution in [3.05, 3.63) is 0 Å². The molecule has 0 saturated heterocycles. The molecule has 0 amide bonds. The summed E-state index contributed by atoms with van der Waals surface area (Å²) in [5, 5.41) is 13.6. The molecule has 0 aromatic heterocycles. The second-order valence-corrected chi connectivity index (χ2v) is 7.09. The first-order valence-corrected chi connectivity index (χ1v) is 9.12. The highest BCUT2D eigenvalue weighted by atomic mass is 16.5. The molecule has 3 heteroatoms. The molecule has 0 heterocycles. The molecule has 21 heavy (non-hydrogen) atoms. The fourth-order valence-corrected chi connectivity index (χ4v) is 3.34. The van der Waals surface area contributed by atoms with E-state index in [1.54, 1.807) is 0 Å². The van der Waals surface area contributed by atoms with Crippen LogP contribution >= 0.6 is 0 Å². The zero-order valence-electron chi connectivity index (χ0n) is 14.4. The Bertz CT molecular complexity index is 239. The third-order valence-electron chi connectivity index (χ3n) is 4.65. The average molecular weight is 299 g/mol. The van der Waals surface area contributed by atoms with Gasteiger partial charge >= 0.3 is 0 Å². The number of nitrogens with one attached hydrogen (secondary N) is 1. The first-order chi connectivity index (χ1) is 10.1. The maximum absolute atomic E-state index is 10.0. The van der Waals surface area contributed by atoms with E-state index in [1.807, 2.05) is 0 Å². The van der Waals surface area contributed by atoms with Crippen LogP contribution in [0.25, 0.3) is 0 Å². The van der Waals surface area contributed by atoms with Crippen LogP contribution in [0.1, 0.15) is 72.1 Å². The van der Waals surface area contributed by atoms with Gasteiger partial charge in [-0.3, -0.25) is 0 Å². The van der Waals surface area contributed by atoms with Gasteiger partial charge in [0.2, 0.25) is 0 Å². The molecule has 1 aliphatic carbocycles. The lowest BCUT2D eigenvalue weighted by Gasteiger charge is -2.31. The van der Waals surface area contributed by atoms with Gasteiger partial charge in [-0.1, -0.05) is 40.0 Å². The minimum atomic E-state index is -0.373. The van der Waals surface area contributed by atoms with Crippen LogP contribution in [-0.4, -0.2) is 37.0 Å². The van der Waals surface area contributed by atoms with Crippen LogP contribution in [-0.2, 0) is 4.74 Å². The average Bonchev–Trinajstić information content (AvgIpc) is 2.48. The minimum absolute atomic E-state index is 0.373. The summed E-state index contributed by atoms with van der Waals surface area (Å²) in [6, 6.07) is 0.570. The molecule has 0 aromatic carbocycles. The SMILES string of the molecule is CCC(NCC(O)COCCCC(C)C)C1CCCCC1. The first-order valence-electron chi connectivity index (χ1n) is 9.12. The third-order valence-corrected chi connectivity index (χ3v) is 4.65. The van der Waals surface area contributed by atoms with Crippen LogP contribution in [0.4, 0.5) is 0 Å². The highest BCUT2D eigenvalue weighted by molar-refractivity contribution is 4.79. The van der Waals surface area contributed by atoms with Crippen LogP contribution in [0, 0.1) is 11.8 Å². The number of aliphatic hydroxyl groups excluding tert-OH is 1. The molecule has 1 aliphatic rings. The maximum Gasteiger partial charge on any atom is 0.0897 e. The van der Waals surface area contributed by atoms with Crippen molar-refractivity contribution in [2.24, 2.45) is 11.8 Å². The van der Waals surface area contributed by atoms with E-state index >= 15 is 0 Å². The second kappa shape index (κ2) is 11.4. The van der Waals surface area contributed by atoms with E-state index in [4.69, 9.17) is 4.74 Å². The number of aliphatic hydroxyl groups is 1. The van der Waals surface area contributed by atoms with Gasteiger partial charge in [-0.05, 0) is 43.9 Å². The minimum Gasteiger partial charge on any atom is -0.389 e. The van der Waals surface area contributed by atoms with Crippen LogP contribution in [0.2, 0.25) is 0 Å². The Hall–Kier alpha value is -0.120. The van der Waals surface area contributed by atoms with Crippen molar-refractivity contribution in [2.45, 2.75) is 84.3 Å². The predicted octanol–water partition coefficient (Wildman–Crippen LogP) is 3.75. The van der Waals surface area contributed by atoms with Crippen molar-refractivity contribution in [1.82, 2.24) is 5.32 Å². The Morgan fingerprint density at radius 3 is 2.52 bits per heavy atom. The molecule has 1 saturated carbocycles. The standard InChI is InChI=1S/C18H37NO2/c1-4-18(16-10-6-5-7-11-16)19-13-17(20)14-21-12-8-9-15(2)3/h15-20H,4-14H2,1-3H3. The van der Waals surface area contributed by atoms with E-state index in [1.165, 1.54) is 38.5 Å². The lowest BCUT2D eigenvalue weighted by Crippen LogP contribution is -2.42. The summed E-state index contributed by atoms with van der Waals surface area (Å²) in [7, 11) is 0. The first kappa shape index (κ1) is 18.9. The van der Waals surface area contributed by atoms with Crippen molar-refractivity contribution in [2.75, 3.05) is 19.8 Å². The van der Waals surface area contributed by atoms with E-state index in [2.05, 4.69) is 26.1 Å². The smallest absolute Gasteiger partial charge is 0.0897 e. The molecule has 2 atom stereocenters. The van der Waals surface area contributed by atoms with Gasteiger partial charge in [0.05, 0.1) is 12.7 Å². The second-order valence-electron chi connectivity index (χ2n) is 7.09. The van der Waals surface area contributed by atoms with Crippen LogP contribution < -0.4 is 5.32 Å². The molecule has 0 spiro atoms. The summed E-state index contributed by atoms with van der Waals surface area (Å²) < 4.78 is 5.57. The number of hydrogen-bond acceptors (Lipinski definition) is 3. The highest BCUT2D eigenvalue weighted by Crippen LogP contribution is 2.27. The predicted molar refractivity (Wildman–Crippen MR) is 89.6 cm³/mol. The van der Waals surface area contributed by atoms with Crippen LogP contribution in [0.15, 0.2) is 0 Å². The molecule has 1 rings (SSSR count). The normalized spacial score (nSPS) is 19.9. The van der Waals surface area contributed by atoms with Gasteiger partial charge in [0.1, 0.15) is 0 Å². The molecule has 0 aromatic rings. The van der Waals surface area contributed by atoms with Crippen molar-refractivity contribution in [1.29, 1.82) is 0 Å². The van der Waals surface area contributed by atoms with Gasteiger partial charge < -0.3 is 15.2 Å². The lowest BCUT2D eigenvalue weighted by atomic mass is 9.83. The maximum atomic E-state index is 10.0. The van der Waals surface area contributed by atoms with E-state index in [0.29, 0.717) is 19.2 Å². The molecular formula is C18H37NO2. The monoisotopic (exact) mass is 299 g/mol. The van der Waals surface area contributed by atoms with Crippen molar-refractivity contribution in [3.63, 3.8) is 0 Å². The Labute approximate surface area is 131 Å². The summed E-state index contributed by atoms with van der Waals surface area (Å²) in [5.74, 6) is 1.55. The number of ether oxygens (including phenoxy) is 1. The molecule has 0 bridgehead atoms. The van der Waals surface area contributed by atoms with Gasteiger partial charge in [-0.15, -0.1) is 0 Å². The summed E-state index contributed by atoms with van der Waals surface area (Å²) in [6.45, 7) is 8.62. The lowest BCUT2D eigenvalue weighted by molar-refractivity contribution is 0.0318. The zero-order valence-corrected chi connectivity index (χ0v) is 14.4. The largest absolute Gasteiger partial charge is 0.389 e. The van der Waals surface area contributed by atoms with Gasteiger partial charge in [0, 0.05) is 19.2 Å². The van der Waals surface area contributed by atoms with Gasteiger partial charge in [0.25, 0.3) is 0 Å². The Morgan fingerprint density at radius 1 is 1.19 bits per heavy atom. The van der Waals surface area contributed by atoms with E-state index in [-0.39, 0.29) is 6.10 Å². The fourth-order valence-electron chi connectivity index (χ4n) is 3.34. The van der Waals surface area contributed by atoms with E-state index in [0.717, 1.165) is 31.3 Å². The molecule has 1 fully saturated rings. The van der Waals surface area contributed by atoms with Crippen molar-refractivity contribution in [3.8, 4) is 0 Å².